The Hall–Kier alpha value is -3.90. The number of hydrogen-bond donors (Lipinski definition) is 1. The predicted molar refractivity (Wildman–Crippen MR) is 139 cm³/mol. The number of anilines is 1. The van der Waals surface area contributed by atoms with E-state index in [0.29, 0.717) is 26.2 Å². The third kappa shape index (κ3) is 4.07. The highest BCUT2D eigenvalue weighted by Gasteiger charge is 2.40. The smallest absolute Gasteiger partial charge is 0.410 e. The van der Waals surface area contributed by atoms with Crippen molar-refractivity contribution in [3.8, 4) is 11.1 Å². The van der Waals surface area contributed by atoms with Gasteiger partial charge in [0.25, 0.3) is 0 Å². The first-order valence-electron chi connectivity index (χ1n) is 12.4. The number of morpholine rings is 1. The van der Waals surface area contributed by atoms with Gasteiger partial charge in [0.15, 0.2) is 0 Å². The monoisotopic (exact) mass is 480 g/mol. The zero-order valence-corrected chi connectivity index (χ0v) is 20.1. The molecule has 182 valence electrons. The van der Waals surface area contributed by atoms with E-state index in [1.165, 1.54) is 29.2 Å². The first kappa shape index (κ1) is 22.6. The predicted octanol–water partition coefficient (Wildman–Crippen LogP) is 5.45. The molecule has 36 heavy (non-hydrogen) atoms. The van der Waals surface area contributed by atoms with Gasteiger partial charge >= 0.3 is 6.09 Å². The molecular formula is C30H28N2O4. The molecule has 1 saturated heterocycles. The number of benzene rings is 3. The zero-order chi connectivity index (χ0) is 24.6. The Morgan fingerprint density at radius 1 is 0.972 bits per heavy atom. The Kier molecular flexibility index (Phi) is 5.82. The molecule has 2 aliphatic heterocycles. The minimum atomic E-state index is -0.294. The topological polar surface area (TPSA) is 67.9 Å². The molecule has 6 nitrogen and oxygen atoms in total. The fraction of sp³-hybridized carbons (Fsp3) is 0.267. The first-order chi connectivity index (χ1) is 17.6. The van der Waals surface area contributed by atoms with Crippen molar-refractivity contribution in [1.29, 1.82) is 0 Å². The Labute approximate surface area is 210 Å². The number of amides is 2. The van der Waals surface area contributed by atoms with E-state index in [4.69, 9.17) is 9.47 Å². The molecule has 2 atom stereocenters. The molecule has 6 heteroatoms. The zero-order valence-electron chi connectivity index (χ0n) is 20.1. The molecule has 2 bridgehead atoms. The van der Waals surface area contributed by atoms with Crippen LogP contribution in [0, 0.1) is 0 Å². The summed E-state index contributed by atoms with van der Waals surface area (Å²) in [4.78, 5) is 26.7. The van der Waals surface area contributed by atoms with Crippen LogP contribution in [0.4, 0.5) is 10.5 Å². The second-order valence-electron chi connectivity index (χ2n) is 9.63. The average molecular weight is 481 g/mol. The second kappa shape index (κ2) is 9.28. The lowest BCUT2D eigenvalue weighted by Crippen LogP contribution is -2.56. The molecule has 0 spiro atoms. The Morgan fingerprint density at radius 2 is 1.69 bits per heavy atom. The maximum atomic E-state index is 13.4. The molecular weight excluding hydrogens is 452 g/mol. The SMILES string of the molecule is CC(=O)Nc1cccc(C2=CC3COCC(C2)N3C(=O)OCC2c3ccccc3-c3ccccc32)c1. The highest BCUT2D eigenvalue weighted by Crippen LogP contribution is 2.44. The molecule has 2 unspecified atom stereocenters. The van der Waals surface area contributed by atoms with Gasteiger partial charge in [-0.25, -0.2) is 4.79 Å². The van der Waals surface area contributed by atoms with Crippen molar-refractivity contribution in [3.05, 3.63) is 95.6 Å². The fourth-order valence-corrected chi connectivity index (χ4v) is 5.76. The Bertz CT molecular complexity index is 1320. The quantitative estimate of drug-likeness (QED) is 0.539. The van der Waals surface area contributed by atoms with Gasteiger partial charge < -0.3 is 14.8 Å². The van der Waals surface area contributed by atoms with Gasteiger partial charge in [0.2, 0.25) is 5.91 Å². The van der Waals surface area contributed by atoms with Crippen LogP contribution in [0.25, 0.3) is 16.7 Å². The summed E-state index contributed by atoms with van der Waals surface area (Å²) in [5, 5.41) is 2.84. The lowest BCUT2D eigenvalue weighted by Gasteiger charge is -2.44. The summed E-state index contributed by atoms with van der Waals surface area (Å²) in [6.07, 6.45) is 2.48. The maximum absolute atomic E-state index is 13.4. The van der Waals surface area contributed by atoms with Crippen molar-refractivity contribution in [2.24, 2.45) is 0 Å². The minimum absolute atomic E-state index is 0.0323. The van der Waals surface area contributed by atoms with Crippen molar-refractivity contribution in [2.75, 3.05) is 25.1 Å². The number of nitrogens with zero attached hydrogens (tertiary/aromatic N) is 1. The maximum Gasteiger partial charge on any atom is 0.410 e. The number of carbonyl (C=O) groups is 2. The van der Waals surface area contributed by atoms with E-state index < -0.39 is 0 Å². The highest BCUT2D eigenvalue weighted by molar-refractivity contribution is 5.89. The van der Waals surface area contributed by atoms with Crippen LogP contribution >= 0.6 is 0 Å². The Balaban J connectivity index is 1.20. The van der Waals surface area contributed by atoms with Gasteiger partial charge in [0.1, 0.15) is 6.61 Å². The van der Waals surface area contributed by atoms with Crippen LogP contribution in [0.5, 0.6) is 0 Å². The largest absolute Gasteiger partial charge is 0.448 e. The fourth-order valence-electron chi connectivity index (χ4n) is 5.76. The van der Waals surface area contributed by atoms with Crippen LogP contribution in [-0.4, -0.2) is 48.8 Å². The molecule has 3 aromatic rings. The number of nitrogens with one attached hydrogen (secondary N) is 1. The van der Waals surface area contributed by atoms with Crippen molar-refractivity contribution in [1.82, 2.24) is 4.90 Å². The van der Waals surface area contributed by atoms with Gasteiger partial charge in [-0.15, -0.1) is 0 Å². The molecule has 0 radical (unpaired) electrons. The molecule has 2 heterocycles. The third-order valence-corrected chi connectivity index (χ3v) is 7.30. The average Bonchev–Trinajstić information content (AvgIpc) is 3.20. The number of hydrogen-bond acceptors (Lipinski definition) is 4. The van der Waals surface area contributed by atoms with Gasteiger partial charge in [0.05, 0.1) is 25.3 Å². The molecule has 3 aliphatic rings. The van der Waals surface area contributed by atoms with Gasteiger partial charge in [-0.3, -0.25) is 9.69 Å². The molecule has 1 fully saturated rings. The molecule has 0 saturated carbocycles. The molecule has 2 amide bonds. The summed E-state index contributed by atoms with van der Waals surface area (Å²) < 4.78 is 11.8. The number of fused-ring (bicyclic) bond motifs is 5. The van der Waals surface area contributed by atoms with Crippen molar-refractivity contribution < 1.29 is 19.1 Å². The van der Waals surface area contributed by atoms with E-state index in [0.717, 1.165) is 16.8 Å². The Morgan fingerprint density at radius 3 is 2.39 bits per heavy atom. The highest BCUT2D eigenvalue weighted by atomic mass is 16.6. The van der Waals surface area contributed by atoms with Crippen LogP contribution in [0.1, 0.15) is 36.0 Å². The number of rotatable bonds is 4. The first-order valence-corrected chi connectivity index (χ1v) is 12.4. The number of carbonyl (C=O) groups excluding carboxylic acids is 2. The summed E-state index contributed by atoms with van der Waals surface area (Å²) in [7, 11) is 0. The van der Waals surface area contributed by atoms with Crippen LogP contribution in [0.15, 0.2) is 78.9 Å². The second-order valence-corrected chi connectivity index (χ2v) is 9.63. The van der Waals surface area contributed by atoms with Crippen molar-refractivity contribution in [2.45, 2.75) is 31.3 Å². The van der Waals surface area contributed by atoms with Crippen LogP contribution in [0.2, 0.25) is 0 Å². The lowest BCUT2D eigenvalue weighted by atomic mass is 9.90. The number of ether oxygens (including phenoxy) is 2. The van der Waals surface area contributed by atoms with Crippen LogP contribution in [-0.2, 0) is 14.3 Å². The molecule has 6 rings (SSSR count). The summed E-state index contributed by atoms with van der Waals surface area (Å²) in [6.45, 7) is 2.72. The van der Waals surface area contributed by atoms with E-state index in [9.17, 15) is 9.59 Å². The van der Waals surface area contributed by atoms with Gasteiger partial charge in [0, 0.05) is 18.5 Å². The van der Waals surface area contributed by atoms with Crippen LogP contribution in [0.3, 0.4) is 0 Å². The van der Waals surface area contributed by atoms with Gasteiger partial charge in [-0.1, -0.05) is 66.7 Å². The third-order valence-electron chi connectivity index (χ3n) is 7.30. The summed E-state index contributed by atoms with van der Waals surface area (Å²) in [5.41, 5.74) is 7.80. The van der Waals surface area contributed by atoms with Crippen molar-refractivity contribution >= 4 is 23.3 Å². The molecule has 1 aliphatic carbocycles. The standard InChI is InChI=1S/C30H28N2O4/c1-19(33)31-22-8-6-7-20(13-22)21-14-23-16-35-17-24(15-21)32(23)30(34)36-18-29-27-11-4-2-9-25(27)26-10-3-5-12-28(26)29/h2-14,23-24,29H,15-18H2,1H3,(H,31,33). The van der Waals surface area contributed by atoms with E-state index >= 15 is 0 Å². The minimum Gasteiger partial charge on any atom is -0.448 e. The van der Waals surface area contributed by atoms with E-state index in [2.05, 4.69) is 47.8 Å². The van der Waals surface area contributed by atoms with Crippen molar-refractivity contribution in [3.63, 3.8) is 0 Å². The summed E-state index contributed by atoms with van der Waals surface area (Å²) in [5.74, 6) is -0.0682. The molecule has 3 aromatic carbocycles. The molecule has 1 N–H and O–H groups in total. The van der Waals surface area contributed by atoms with Gasteiger partial charge in [-0.05, 0) is 51.9 Å². The van der Waals surface area contributed by atoms with E-state index in [1.54, 1.807) is 0 Å². The molecule has 0 aromatic heterocycles. The summed E-state index contributed by atoms with van der Waals surface area (Å²) in [6, 6.07) is 24.3. The van der Waals surface area contributed by atoms with Gasteiger partial charge in [-0.2, -0.15) is 0 Å². The van der Waals surface area contributed by atoms with E-state index in [1.807, 2.05) is 41.3 Å². The lowest BCUT2D eigenvalue weighted by molar-refractivity contribution is -0.114. The van der Waals surface area contributed by atoms with E-state index in [-0.39, 0.29) is 30.0 Å². The summed E-state index contributed by atoms with van der Waals surface area (Å²) >= 11 is 0. The normalized spacial score (nSPS) is 20.2. The van der Waals surface area contributed by atoms with Crippen LogP contribution < -0.4 is 5.32 Å².